The van der Waals surface area contributed by atoms with E-state index in [1.165, 1.54) is 58.2 Å². The second-order valence-corrected chi connectivity index (χ2v) is 4.55. The van der Waals surface area contributed by atoms with E-state index in [0.717, 1.165) is 6.17 Å². The minimum Gasteiger partial charge on any atom is -0.291 e. The van der Waals surface area contributed by atoms with Crippen LogP contribution in [0, 0.1) is 0 Å². The number of likely N-dealkylation sites (tertiary alicyclic amines) is 2. The van der Waals surface area contributed by atoms with E-state index in [9.17, 15) is 0 Å². The number of rotatable bonds is 1. The third kappa shape index (κ3) is 2.23. The fourth-order valence-electron chi connectivity index (χ4n) is 2.74. The van der Waals surface area contributed by atoms with Crippen molar-refractivity contribution in [2.75, 3.05) is 26.7 Å². The Labute approximate surface area is 81.9 Å². The maximum Gasteiger partial charge on any atom is 0.0619 e. The first-order valence-corrected chi connectivity index (χ1v) is 5.82. The van der Waals surface area contributed by atoms with E-state index < -0.39 is 0 Å². The van der Waals surface area contributed by atoms with E-state index >= 15 is 0 Å². The maximum absolute atomic E-state index is 2.70. The van der Waals surface area contributed by atoms with Crippen LogP contribution in [0.4, 0.5) is 0 Å². The monoisotopic (exact) mass is 182 g/mol. The Morgan fingerprint density at radius 2 is 1.54 bits per heavy atom. The van der Waals surface area contributed by atoms with E-state index in [0.29, 0.717) is 0 Å². The number of nitrogens with zero attached hydrogens (tertiary/aromatic N) is 2. The van der Waals surface area contributed by atoms with E-state index in [4.69, 9.17) is 0 Å². The molecule has 1 atom stereocenters. The molecule has 76 valence electrons. The third-order valence-corrected chi connectivity index (χ3v) is 3.54. The van der Waals surface area contributed by atoms with Gasteiger partial charge in [0.25, 0.3) is 0 Å². The van der Waals surface area contributed by atoms with Crippen LogP contribution in [-0.4, -0.2) is 42.6 Å². The molecule has 0 spiro atoms. The predicted octanol–water partition coefficient (Wildman–Crippen LogP) is 1.91. The van der Waals surface area contributed by atoms with Crippen LogP contribution in [0.1, 0.15) is 38.5 Å². The molecule has 2 heterocycles. The average Bonchev–Trinajstić information content (AvgIpc) is 2.20. The SMILES string of the molecule is CN1CCCCC1N1CCCCC1. The van der Waals surface area contributed by atoms with E-state index in [2.05, 4.69) is 16.8 Å². The van der Waals surface area contributed by atoms with Gasteiger partial charge >= 0.3 is 0 Å². The molecule has 2 saturated heterocycles. The normalized spacial score (nSPS) is 33.5. The van der Waals surface area contributed by atoms with Crippen molar-refractivity contribution in [3.8, 4) is 0 Å². The summed E-state index contributed by atoms with van der Waals surface area (Å²) >= 11 is 0. The van der Waals surface area contributed by atoms with Gasteiger partial charge in [-0.3, -0.25) is 9.80 Å². The van der Waals surface area contributed by atoms with Gasteiger partial charge in [0, 0.05) is 0 Å². The minimum absolute atomic E-state index is 0.772. The second-order valence-electron chi connectivity index (χ2n) is 4.55. The average molecular weight is 182 g/mol. The molecule has 0 aromatic rings. The first kappa shape index (κ1) is 9.47. The Morgan fingerprint density at radius 1 is 0.846 bits per heavy atom. The summed E-state index contributed by atoms with van der Waals surface area (Å²) in [4.78, 5) is 5.25. The first-order chi connectivity index (χ1) is 6.38. The quantitative estimate of drug-likeness (QED) is 0.611. The Balaban J connectivity index is 1.88. The zero-order valence-electron chi connectivity index (χ0n) is 8.84. The van der Waals surface area contributed by atoms with Crippen molar-refractivity contribution in [2.45, 2.75) is 44.7 Å². The van der Waals surface area contributed by atoms with Crippen LogP contribution in [0.25, 0.3) is 0 Å². The van der Waals surface area contributed by atoms with Gasteiger partial charge in [0.2, 0.25) is 0 Å². The van der Waals surface area contributed by atoms with Crippen molar-refractivity contribution in [3.63, 3.8) is 0 Å². The molecule has 0 bridgehead atoms. The summed E-state index contributed by atoms with van der Waals surface area (Å²) < 4.78 is 0. The van der Waals surface area contributed by atoms with Crippen molar-refractivity contribution < 1.29 is 0 Å². The van der Waals surface area contributed by atoms with Gasteiger partial charge in [-0.05, 0) is 58.8 Å². The number of hydrogen-bond donors (Lipinski definition) is 0. The molecule has 2 fully saturated rings. The van der Waals surface area contributed by atoms with Gasteiger partial charge in [-0.15, -0.1) is 0 Å². The lowest BCUT2D eigenvalue weighted by Gasteiger charge is -2.42. The third-order valence-electron chi connectivity index (χ3n) is 3.54. The summed E-state index contributed by atoms with van der Waals surface area (Å²) in [6, 6.07) is 0. The van der Waals surface area contributed by atoms with Gasteiger partial charge in [-0.2, -0.15) is 0 Å². The zero-order valence-corrected chi connectivity index (χ0v) is 8.84. The lowest BCUT2D eigenvalue weighted by Crippen LogP contribution is -2.50. The summed E-state index contributed by atoms with van der Waals surface area (Å²) in [5.41, 5.74) is 0. The van der Waals surface area contributed by atoms with Crippen molar-refractivity contribution in [1.29, 1.82) is 0 Å². The molecule has 2 heteroatoms. The molecule has 2 nitrogen and oxygen atoms in total. The maximum atomic E-state index is 2.70. The van der Waals surface area contributed by atoms with Crippen LogP contribution in [0.3, 0.4) is 0 Å². The number of piperidine rings is 2. The largest absolute Gasteiger partial charge is 0.291 e. The van der Waals surface area contributed by atoms with Gasteiger partial charge in [0.15, 0.2) is 0 Å². The van der Waals surface area contributed by atoms with E-state index in [-0.39, 0.29) is 0 Å². The molecule has 0 aliphatic carbocycles. The molecule has 0 N–H and O–H groups in total. The van der Waals surface area contributed by atoms with Crippen LogP contribution < -0.4 is 0 Å². The zero-order chi connectivity index (χ0) is 9.10. The van der Waals surface area contributed by atoms with Gasteiger partial charge in [0.05, 0.1) is 6.17 Å². The van der Waals surface area contributed by atoms with Gasteiger partial charge in [-0.25, -0.2) is 0 Å². The lowest BCUT2D eigenvalue weighted by atomic mass is 10.0. The summed E-state index contributed by atoms with van der Waals surface area (Å²) in [6.07, 6.45) is 9.30. The highest BCUT2D eigenvalue weighted by Crippen LogP contribution is 2.21. The summed E-state index contributed by atoms with van der Waals surface area (Å²) in [5.74, 6) is 0. The topological polar surface area (TPSA) is 6.48 Å². The molecular weight excluding hydrogens is 160 g/mol. The Morgan fingerprint density at radius 3 is 2.23 bits per heavy atom. The van der Waals surface area contributed by atoms with Crippen LogP contribution in [0.15, 0.2) is 0 Å². The summed E-state index contributed by atoms with van der Waals surface area (Å²) in [7, 11) is 2.29. The molecule has 2 rings (SSSR count). The van der Waals surface area contributed by atoms with Crippen LogP contribution in [-0.2, 0) is 0 Å². The molecule has 0 radical (unpaired) electrons. The van der Waals surface area contributed by atoms with Crippen molar-refractivity contribution in [3.05, 3.63) is 0 Å². The highest BCUT2D eigenvalue weighted by atomic mass is 15.3. The van der Waals surface area contributed by atoms with Crippen molar-refractivity contribution >= 4 is 0 Å². The van der Waals surface area contributed by atoms with Gasteiger partial charge in [-0.1, -0.05) is 6.42 Å². The molecule has 13 heavy (non-hydrogen) atoms. The lowest BCUT2D eigenvalue weighted by molar-refractivity contribution is 0.0198. The van der Waals surface area contributed by atoms with Crippen molar-refractivity contribution in [1.82, 2.24) is 9.80 Å². The first-order valence-electron chi connectivity index (χ1n) is 5.82. The van der Waals surface area contributed by atoms with Crippen LogP contribution >= 0.6 is 0 Å². The molecule has 0 saturated carbocycles. The Kier molecular flexibility index (Phi) is 3.23. The van der Waals surface area contributed by atoms with Gasteiger partial charge in [0.1, 0.15) is 0 Å². The minimum atomic E-state index is 0.772. The molecule has 0 amide bonds. The second kappa shape index (κ2) is 4.43. The predicted molar refractivity (Wildman–Crippen MR) is 55.7 cm³/mol. The van der Waals surface area contributed by atoms with Crippen molar-refractivity contribution in [2.24, 2.45) is 0 Å². The summed E-state index contributed by atoms with van der Waals surface area (Å²) in [5, 5.41) is 0. The number of hydrogen-bond acceptors (Lipinski definition) is 2. The fourth-order valence-corrected chi connectivity index (χ4v) is 2.74. The molecular formula is C11H22N2. The molecule has 0 aromatic carbocycles. The highest BCUT2D eigenvalue weighted by Gasteiger charge is 2.25. The summed E-state index contributed by atoms with van der Waals surface area (Å²) in [6.45, 7) is 3.99. The van der Waals surface area contributed by atoms with Crippen LogP contribution in [0.5, 0.6) is 0 Å². The Hall–Kier alpha value is -0.0800. The molecule has 2 aliphatic rings. The molecule has 0 aromatic heterocycles. The smallest absolute Gasteiger partial charge is 0.0619 e. The van der Waals surface area contributed by atoms with E-state index in [1.807, 2.05) is 0 Å². The van der Waals surface area contributed by atoms with Gasteiger partial charge < -0.3 is 0 Å². The Bertz CT molecular complexity index is 152. The highest BCUT2D eigenvalue weighted by molar-refractivity contribution is 4.77. The van der Waals surface area contributed by atoms with Crippen LogP contribution in [0.2, 0.25) is 0 Å². The molecule has 1 unspecified atom stereocenters. The van der Waals surface area contributed by atoms with E-state index in [1.54, 1.807) is 0 Å². The standard InChI is InChI=1S/C11H22N2/c1-12-8-6-3-7-11(12)13-9-4-2-5-10-13/h11H,2-10H2,1H3. The fraction of sp³-hybridized carbons (Fsp3) is 1.00. The molecule has 2 aliphatic heterocycles.